The third-order valence-electron chi connectivity index (χ3n) is 5.48. The van der Waals surface area contributed by atoms with Crippen molar-refractivity contribution in [3.8, 4) is 23.0 Å². The molecule has 9 heteroatoms. The van der Waals surface area contributed by atoms with Crippen LogP contribution in [0, 0.1) is 0 Å². The second kappa shape index (κ2) is 8.34. The molecule has 1 aromatic carbocycles. The minimum Gasteiger partial charge on any atom is -0.497 e. The van der Waals surface area contributed by atoms with Gasteiger partial charge in [0, 0.05) is 18.0 Å². The molecule has 1 atom stereocenters. The normalized spacial score (nSPS) is 15.2. The average Bonchev–Trinajstić information content (AvgIpc) is 3.28. The number of hydrogen-bond acceptors (Lipinski definition) is 8. The number of allylic oxidation sites excluding steroid dienone is 1. The summed E-state index contributed by atoms with van der Waals surface area (Å²) in [6.07, 6.45) is 4.92. The van der Waals surface area contributed by atoms with E-state index in [1.165, 1.54) is 0 Å². The van der Waals surface area contributed by atoms with Crippen LogP contribution in [0.3, 0.4) is 0 Å². The van der Waals surface area contributed by atoms with Crippen LogP contribution in [0.5, 0.6) is 11.6 Å². The maximum Gasteiger partial charge on any atom is 0.338 e. The van der Waals surface area contributed by atoms with Crippen molar-refractivity contribution in [2.75, 3.05) is 13.7 Å². The Balaban J connectivity index is 1.74. The van der Waals surface area contributed by atoms with Crippen molar-refractivity contribution < 1.29 is 19.0 Å². The summed E-state index contributed by atoms with van der Waals surface area (Å²) < 4.78 is 18.3. The van der Waals surface area contributed by atoms with Gasteiger partial charge in [0.1, 0.15) is 17.8 Å². The molecule has 0 amide bonds. The van der Waals surface area contributed by atoms with E-state index >= 15 is 0 Å². The van der Waals surface area contributed by atoms with Gasteiger partial charge in [0.2, 0.25) is 5.88 Å². The lowest BCUT2D eigenvalue weighted by molar-refractivity contribution is -0.139. The van der Waals surface area contributed by atoms with Crippen LogP contribution in [0.4, 0.5) is 0 Å². The summed E-state index contributed by atoms with van der Waals surface area (Å²) in [5, 5.41) is 4.58. The van der Waals surface area contributed by atoms with Gasteiger partial charge in [-0.05, 0) is 43.7 Å². The Morgan fingerprint density at radius 2 is 1.91 bits per heavy atom. The minimum atomic E-state index is -0.510. The van der Waals surface area contributed by atoms with E-state index in [1.807, 2.05) is 36.4 Å². The van der Waals surface area contributed by atoms with Gasteiger partial charge in [-0.3, -0.25) is 4.98 Å². The second-order valence-corrected chi connectivity index (χ2v) is 7.40. The number of pyridine rings is 1. The molecule has 1 aliphatic rings. The van der Waals surface area contributed by atoms with E-state index in [-0.39, 0.29) is 6.61 Å². The van der Waals surface area contributed by atoms with Gasteiger partial charge in [-0.15, -0.1) is 5.10 Å². The van der Waals surface area contributed by atoms with Crippen molar-refractivity contribution in [1.29, 1.82) is 0 Å². The third kappa shape index (κ3) is 3.57. The van der Waals surface area contributed by atoms with E-state index in [0.29, 0.717) is 40.0 Å². The lowest BCUT2D eigenvalue weighted by atomic mass is 9.83. The number of rotatable bonds is 5. The van der Waals surface area contributed by atoms with Crippen LogP contribution < -0.4 is 9.47 Å². The largest absolute Gasteiger partial charge is 0.497 e. The molecule has 166 valence electrons. The van der Waals surface area contributed by atoms with Crippen molar-refractivity contribution >= 4 is 11.6 Å². The van der Waals surface area contributed by atoms with E-state index in [0.717, 1.165) is 11.1 Å². The summed E-state index contributed by atoms with van der Waals surface area (Å²) in [6, 6.07) is 11.2. The Morgan fingerprint density at radius 3 is 2.61 bits per heavy atom. The molecule has 3 aromatic heterocycles. The number of hydrogen-bond donors (Lipinski definition) is 0. The predicted molar refractivity (Wildman–Crippen MR) is 119 cm³/mol. The number of nitrogens with zero attached hydrogens (tertiary/aromatic N) is 5. The summed E-state index contributed by atoms with van der Waals surface area (Å²) in [6.45, 7) is 3.76. The molecular formula is C24H21N5O4. The molecule has 0 bridgehead atoms. The zero-order valence-corrected chi connectivity index (χ0v) is 18.3. The van der Waals surface area contributed by atoms with Crippen LogP contribution in [0.15, 0.2) is 66.5 Å². The van der Waals surface area contributed by atoms with Crippen molar-refractivity contribution in [2.24, 2.45) is 0 Å². The third-order valence-corrected chi connectivity index (χ3v) is 5.48. The molecule has 4 heterocycles. The summed E-state index contributed by atoms with van der Waals surface area (Å²) in [7, 11) is 1.61. The molecule has 5 rings (SSSR count). The molecule has 0 radical (unpaired) electrons. The van der Waals surface area contributed by atoms with E-state index in [1.54, 1.807) is 44.2 Å². The van der Waals surface area contributed by atoms with Crippen LogP contribution in [-0.2, 0) is 9.53 Å². The minimum absolute atomic E-state index is 0.247. The number of carbonyl (C=O) groups is 1. The highest BCUT2D eigenvalue weighted by molar-refractivity contribution is 5.93. The average molecular weight is 443 g/mol. The zero-order chi connectivity index (χ0) is 22.9. The van der Waals surface area contributed by atoms with Crippen molar-refractivity contribution in [2.45, 2.75) is 19.8 Å². The summed E-state index contributed by atoms with van der Waals surface area (Å²) in [4.78, 5) is 26.3. The second-order valence-electron chi connectivity index (χ2n) is 7.40. The molecule has 0 spiro atoms. The molecule has 0 saturated carbocycles. The summed E-state index contributed by atoms with van der Waals surface area (Å²) in [5.41, 5.74) is 3.26. The number of carbonyl (C=O) groups excluding carboxylic acids is 1. The van der Waals surface area contributed by atoms with Gasteiger partial charge in [0.05, 0.1) is 30.8 Å². The fourth-order valence-electron chi connectivity index (χ4n) is 3.96. The predicted octanol–water partition coefficient (Wildman–Crippen LogP) is 3.56. The van der Waals surface area contributed by atoms with Gasteiger partial charge in [-0.2, -0.15) is 0 Å². The number of methoxy groups -OCH3 is 1. The van der Waals surface area contributed by atoms with Gasteiger partial charge in [-0.1, -0.05) is 12.1 Å². The molecule has 0 N–H and O–H groups in total. The van der Waals surface area contributed by atoms with Gasteiger partial charge < -0.3 is 14.2 Å². The molecule has 4 aromatic rings. The Morgan fingerprint density at radius 1 is 1.15 bits per heavy atom. The van der Waals surface area contributed by atoms with Gasteiger partial charge in [0.15, 0.2) is 11.5 Å². The number of fused-ring (bicyclic) bond motifs is 3. The highest BCUT2D eigenvalue weighted by Crippen LogP contribution is 2.44. The number of esters is 1. The molecule has 9 nitrogen and oxygen atoms in total. The first-order valence-corrected chi connectivity index (χ1v) is 10.5. The van der Waals surface area contributed by atoms with E-state index < -0.39 is 11.9 Å². The Kier molecular flexibility index (Phi) is 5.21. The van der Waals surface area contributed by atoms with Crippen LogP contribution in [0.1, 0.15) is 30.9 Å². The Hall–Kier alpha value is -4.27. The first-order valence-electron chi connectivity index (χ1n) is 10.5. The lowest BCUT2D eigenvalue weighted by Gasteiger charge is -2.28. The van der Waals surface area contributed by atoms with E-state index in [9.17, 15) is 4.79 Å². The highest BCUT2D eigenvalue weighted by atomic mass is 16.5. The highest BCUT2D eigenvalue weighted by Gasteiger charge is 2.38. The quantitative estimate of drug-likeness (QED) is 0.432. The molecule has 0 fully saturated rings. The Labute approximate surface area is 189 Å². The van der Waals surface area contributed by atoms with Crippen LogP contribution in [-0.4, -0.2) is 44.3 Å². The maximum atomic E-state index is 13.0. The SMILES string of the molecule is CCOC(=O)C1=C(C)Oc2ncn3nc(-c4ccncc4)nc3c2C1c1ccc(OC)cc1. The summed E-state index contributed by atoms with van der Waals surface area (Å²) >= 11 is 0. The topological polar surface area (TPSA) is 101 Å². The molecule has 1 aliphatic heterocycles. The number of ether oxygens (including phenoxy) is 3. The van der Waals surface area contributed by atoms with Gasteiger partial charge >= 0.3 is 5.97 Å². The van der Waals surface area contributed by atoms with Crippen molar-refractivity contribution in [1.82, 2.24) is 24.6 Å². The van der Waals surface area contributed by atoms with Crippen LogP contribution in [0.25, 0.3) is 17.0 Å². The molecule has 1 unspecified atom stereocenters. The molecule has 0 aliphatic carbocycles. The molecular weight excluding hydrogens is 422 g/mol. The zero-order valence-electron chi connectivity index (χ0n) is 18.3. The standard InChI is InChI=1S/C24H21N5O4/c1-4-32-24(30)18-14(2)33-23-20(19(18)15-5-7-17(31-3)8-6-15)22-27-21(28-29(22)13-26-23)16-9-11-25-12-10-16/h5-13,19H,4H2,1-3H3. The van der Waals surface area contributed by atoms with Gasteiger partial charge in [0.25, 0.3) is 0 Å². The van der Waals surface area contributed by atoms with Crippen LogP contribution >= 0.6 is 0 Å². The van der Waals surface area contributed by atoms with Crippen LogP contribution in [0.2, 0.25) is 0 Å². The van der Waals surface area contributed by atoms with E-state index in [4.69, 9.17) is 19.2 Å². The first-order chi connectivity index (χ1) is 16.1. The molecule has 33 heavy (non-hydrogen) atoms. The van der Waals surface area contributed by atoms with Crippen molar-refractivity contribution in [3.63, 3.8) is 0 Å². The smallest absolute Gasteiger partial charge is 0.338 e. The Bertz CT molecular complexity index is 1360. The first kappa shape index (κ1) is 20.6. The monoisotopic (exact) mass is 443 g/mol. The fraction of sp³-hybridized carbons (Fsp3) is 0.208. The number of aromatic nitrogens is 5. The lowest BCUT2D eigenvalue weighted by Crippen LogP contribution is -2.24. The van der Waals surface area contributed by atoms with Crippen molar-refractivity contribution in [3.05, 3.63) is 77.6 Å². The maximum absolute atomic E-state index is 13.0. The molecule has 0 saturated heterocycles. The van der Waals surface area contributed by atoms with Gasteiger partial charge in [-0.25, -0.2) is 19.3 Å². The fourth-order valence-corrected chi connectivity index (χ4v) is 3.96. The van der Waals surface area contributed by atoms with E-state index in [2.05, 4.69) is 15.1 Å². The number of benzene rings is 1. The summed E-state index contributed by atoms with van der Waals surface area (Å²) in [5.74, 6) is 1.09.